The van der Waals surface area contributed by atoms with Gasteiger partial charge in [-0.3, -0.25) is 4.79 Å². The van der Waals surface area contributed by atoms with E-state index in [2.05, 4.69) is 11.4 Å². The fourth-order valence-corrected chi connectivity index (χ4v) is 4.10. The number of fused-ring (bicyclic) bond motifs is 1. The molecule has 3 aromatic rings. The van der Waals surface area contributed by atoms with E-state index in [0.29, 0.717) is 28.2 Å². The maximum absolute atomic E-state index is 13.6. The lowest BCUT2D eigenvalue weighted by molar-refractivity contribution is 0.0175. The van der Waals surface area contributed by atoms with Crippen molar-refractivity contribution in [2.45, 2.75) is 32.1 Å². The van der Waals surface area contributed by atoms with Crippen LogP contribution < -0.4 is 14.8 Å². The van der Waals surface area contributed by atoms with Gasteiger partial charge in [0.1, 0.15) is 0 Å². The van der Waals surface area contributed by atoms with Gasteiger partial charge in [-0.05, 0) is 65.8 Å². The number of methoxy groups -OCH3 is 2. The minimum atomic E-state index is -2.94. The van der Waals surface area contributed by atoms with E-state index in [-0.39, 0.29) is 11.5 Å². The van der Waals surface area contributed by atoms with Crippen molar-refractivity contribution in [2.75, 3.05) is 19.5 Å². The number of amides is 1. The molecule has 0 atom stereocenters. The van der Waals surface area contributed by atoms with Gasteiger partial charge in [-0.2, -0.15) is 0 Å². The molecule has 0 aromatic heterocycles. The molecule has 1 aliphatic rings. The Kier molecular flexibility index (Phi) is 5.87. The summed E-state index contributed by atoms with van der Waals surface area (Å²) in [6.45, 7) is 0.855. The van der Waals surface area contributed by atoms with E-state index in [9.17, 15) is 13.6 Å². The van der Waals surface area contributed by atoms with Crippen LogP contribution in [0.4, 0.5) is 14.5 Å². The highest BCUT2D eigenvalue weighted by Gasteiger charge is 2.25. The Labute approximate surface area is 186 Å². The zero-order valence-corrected chi connectivity index (χ0v) is 18.3. The first-order chi connectivity index (χ1) is 15.3. The van der Waals surface area contributed by atoms with Gasteiger partial charge in [0.15, 0.2) is 11.5 Å². The van der Waals surface area contributed by atoms with Gasteiger partial charge < -0.3 is 14.8 Å². The predicted octanol–water partition coefficient (Wildman–Crippen LogP) is 6.22. The standard InChI is InChI=1S/C26H25F2NO3/c1-26(27,28)19-10-7-17(8-11-19)21-14-23(31-2)24(32-3)15-22(21)25(30)29-20-12-9-16-5-4-6-18(16)13-20/h7-15H,4-6H2,1-3H3,(H,29,30). The van der Waals surface area contributed by atoms with Gasteiger partial charge in [-0.25, -0.2) is 8.78 Å². The predicted molar refractivity (Wildman–Crippen MR) is 121 cm³/mol. The lowest BCUT2D eigenvalue weighted by atomic mass is 9.96. The Morgan fingerprint density at radius 1 is 0.906 bits per heavy atom. The SMILES string of the molecule is COc1cc(C(=O)Nc2ccc3c(c2)CCC3)c(-c2ccc(C(C)(F)F)cc2)cc1OC. The van der Waals surface area contributed by atoms with Crippen LogP contribution in [0.2, 0.25) is 0 Å². The van der Waals surface area contributed by atoms with E-state index < -0.39 is 5.92 Å². The molecule has 4 rings (SSSR count). The molecule has 0 heterocycles. The van der Waals surface area contributed by atoms with E-state index in [1.807, 2.05) is 12.1 Å². The van der Waals surface area contributed by atoms with Crippen molar-refractivity contribution < 1.29 is 23.0 Å². The molecule has 0 saturated carbocycles. The minimum absolute atomic E-state index is 0.0918. The first-order valence-corrected chi connectivity index (χ1v) is 10.5. The maximum Gasteiger partial charge on any atom is 0.270 e. The normalized spacial score (nSPS) is 12.9. The number of carbonyl (C=O) groups is 1. The molecule has 4 nitrogen and oxygen atoms in total. The monoisotopic (exact) mass is 437 g/mol. The molecule has 1 amide bonds. The van der Waals surface area contributed by atoms with Gasteiger partial charge in [0.2, 0.25) is 0 Å². The van der Waals surface area contributed by atoms with Crippen LogP contribution in [0.5, 0.6) is 11.5 Å². The third kappa shape index (κ3) is 4.31. The Balaban J connectivity index is 1.73. The summed E-state index contributed by atoms with van der Waals surface area (Å²) in [6, 6.07) is 15.2. The summed E-state index contributed by atoms with van der Waals surface area (Å²) >= 11 is 0. The van der Waals surface area contributed by atoms with Crippen molar-refractivity contribution in [1.29, 1.82) is 0 Å². The molecular weight excluding hydrogens is 412 g/mol. The zero-order valence-electron chi connectivity index (χ0n) is 18.3. The Hall–Kier alpha value is -3.41. The van der Waals surface area contributed by atoms with Crippen molar-refractivity contribution in [3.05, 3.63) is 76.9 Å². The van der Waals surface area contributed by atoms with Gasteiger partial charge >= 0.3 is 0 Å². The lowest BCUT2D eigenvalue weighted by Crippen LogP contribution is -2.14. The third-order valence-corrected chi connectivity index (χ3v) is 5.83. The average molecular weight is 437 g/mol. The number of ether oxygens (including phenoxy) is 2. The summed E-state index contributed by atoms with van der Waals surface area (Å²) in [5.74, 6) is -2.40. The molecular formula is C26H25F2NO3. The van der Waals surface area contributed by atoms with Crippen molar-refractivity contribution in [3.8, 4) is 22.6 Å². The van der Waals surface area contributed by atoms with Crippen LogP contribution in [0.3, 0.4) is 0 Å². The summed E-state index contributed by atoms with van der Waals surface area (Å²) < 4.78 is 38.1. The van der Waals surface area contributed by atoms with Crippen LogP contribution in [0, 0.1) is 0 Å². The molecule has 1 aliphatic carbocycles. The van der Waals surface area contributed by atoms with Crippen molar-refractivity contribution >= 4 is 11.6 Å². The number of anilines is 1. The third-order valence-electron chi connectivity index (χ3n) is 5.83. The first-order valence-electron chi connectivity index (χ1n) is 10.5. The molecule has 3 aromatic carbocycles. The van der Waals surface area contributed by atoms with Crippen molar-refractivity contribution in [1.82, 2.24) is 0 Å². The molecule has 0 fully saturated rings. The quantitative estimate of drug-likeness (QED) is 0.498. The number of rotatable bonds is 6. The summed E-state index contributed by atoms with van der Waals surface area (Å²) in [7, 11) is 3.00. The molecule has 6 heteroatoms. The molecule has 0 aliphatic heterocycles. The fraction of sp³-hybridized carbons (Fsp3) is 0.269. The Morgan fingerprint density at radius 3 is 2.22 bits per heavy atom. The van der Waals surface area contributed by atoms with Gasteiger partial charge in [-0.1, -0.05) is 30.3 Å². The highest BCUT2D eigenvalue weighted by molar-refractivity contribution is 6.09. The fourth-order valence-electron chi connectivity index (χ4n) is 4.10. The minimum Gasteiger partial charge on any atom is -0.493 e. The van der Waals surface area contributed by atoms with Gasteiger partial charge in [0.25, 0.3) is 11.8 Å². The number of nitrogens with one attached hydrogen (secondary N) is 1. The topological polar surface area (TPSA) is 47.6 Å². The van der Waals surface area contributed by atoms with Crippen LogP contribution in [0.25, 0.3) is 11.1 Å². The second-order valence-electron chi connectivity index (χ2n) is 8.01. The Morgan fingerprint density at radius 2 is 1.56 bits per heavy atom. The number of hydrogen-bond acceptors (Lipinski definition) is 3. The zero-order chi connectivity index (χ0) is 22.9. The highest BCUT2D eigenvalue weighted by Crippen LogP contribution is 2.37. The second kappa shape index (κ2) is 8.61. The summed E-state index contributed by atoms with van der Waals surface area (Å²) in [4.78, 5) is 13.3. The molecule has 0 unspecified atom stereocenters. The molecule has 0 spiro atoms. The van der Waals surface area contributed by atoms with E-state index in [0.717, 1.165) is 31.9 Å². The van der Waals surface area contributed by atoms with E-state index in [1.54, 1.807) is 24.3 Å². The largest absolute Gasteiger partial charge is 0.493 e. The van der Waals surface area contributed by atoms with Crippen LogP contribution in [0.1, 0.15) is 40.4 Å². The summed E-state index contributed by atoms with van der Waals surface area (Å²) in [6.07, 6.45) is 3.20. The number of alkyl halides is 2. The number of hydrogen-bond donors (Lipinski definition) is 1. The smallest absolute Gasteiger partial charge is 0.270 e. The summed E-state index contributed by atoms with van der Waals surface area (Å²) in [5, 5.41) is 2.97. The summed E-state index contributed by atoms with van der Waals surface area (Å²) in [5.41, 5.74) is 4.75. The maximum atomic E-state index is 13.6. The number of carbonyl (C=O) groups excluding carboxylic acids is 1. The van der Waals surface area contributed by atoms with Crippen LogP contribution >= 0.6 is 0 Å². The van der Waals surface area contributed by atoms with Crippen LogP contribution in [-0.2, 0) is 18.8 Å². The Bertz CT molecular complexity index is 1150. The van der Waals surface area contributed by atoms with E-state index >= 15 is 0 Å². The van der Waals surface area contributed by atoms with Crippen LogP contribution in [-0.4, -0.2) is 20.1 Å². The van der Waals surface area contributed by atoms with Gasteiger partial charge in [0, 0.05) is 18.2 Å². The average Bonchev–Trinajstić information content (AvgIpc) is 3.25. The van der Waals surface area contributed by atoms with E-state index in [4.69, 9.17) is 9.47 Å². The molecule has 1 N–H and O–H groups in total. The number of aryl methyl sites for hydroxylation is 2. The van der Waals surface area contributed by atoms with Gasteiger partial charge in [0.05, 0.1) is 19.8 Å². The lowest BCUT2D eigenvalue weighted by Gasteiger charge is -2.17. The van der Waals surface area contributed by atoms with Crippen LogP contribution in [0.15, 0.2) is 54.6 Å². The highest BCUT2D eigenvalue weighted by atomic mass is 19.3. The molecule has 0 radical (unpaired) electrons. The first kappa shape index (κ1) is 21.8. The van der Waals surface area contributed by atoms with E-state index in [1.165, 1.54) is 37.5 Å². The van der Waals surface area contributed by atoms with Crippen molar-refractivity contribution in [2.24, 2.45) is 0 Å². The van der Waals surface area contributed by atoms with Crippen molar-refractivity contribution in [3.63, 3.8) is 0 Å². The second-order valence-corrected chi connectivity index (χ2v) is 8.01. The number of benzene rings is 3. The van der Waals surface area contributed by atoms with Gasteiger partial charge in [-0.15, -0.1) is 0 Å². The molecule has 0 bridgehead atoms. The molecule has 0 saturated heterocycles. The molecule has 32 heavy (non-hydrogen) atoms. The molecule has 166 valence electrons. The number of halogens is 2.